The molecule has 1 heterocycles. The Morgan fingerprint density at radius 3 is 1.86 bits per heavy atom. The van der Waals surface area contributed by atoms with Crippen molar-refractivity contribution in [1.29, 1.82) is 0 Å². The first-order valence-electron chi connectivity index (χ1n) is 9.53. The summed E-state index contributed by atoms with van der Waals surface area (Å²) in [5, 5.41) is 0. The standard InChI is InChI=1S/C17H34N2OSi/c1-2-3-14-20-17-18(15-10-6-4-7-11-15)21-19(17)16-12-8-5-9-13-16/h15-17H,2-14,21H2,1H3. The van der Waals surface area contributed by atoms with E-state index in [-0.39, 0.29) is 9.84 Å². The molecule has 0 bridgehead atoms. The van der Waals surface area contributed by atoms with Crippen molar-refractivity contribution in [3.8, 4) is 0 Å². The third-order valence-corrected chi connectivity index (χ3v) is 8.06. The third kappa shape index (κ3) is 3.90. The van der Waals surface area contributed by atoms with Crippen LogP contribution in [0.5, 0.6) is 0 Å². The number of hydrogen-bond donors (Lipinski definition) is 0. The lowest BCUT2D eigenvalue weighted by Gasteiger charge is -2.57. The predicted octanol–water partition coefficient (Wildman–Crippen LogP) is 3.37. The van der Waals surface area contributed by atoms with E-state index >= 15 is 0 Å². The van der Waals surface area contributed by atoms with Gasteiger partial charge in [0.2, 0.25) is 0 Å². The molecule has 3 fully saturated rings. The van der Waals surface area contributed by atoms with Crippen LogP contribution in [0, 0.1) is 0 Å². The summed E-state index contributed by atoms with van der Waals surface area (Å²) in [6.07, 6.45) is 17.2. The van der Waals surface area contributed by atoms with E-state index in [2.05, 4.69) is 16.1 Å². The lowest BCUT2D eigenvalue weighted by atomic mass is 9.94. The Labute approximate surface area is 133 Å². The summed E-state index contributed by atoms with van der Waals surface area (Å²) >= 11 is 0. The normalized spacial score (nSPS) is 31.6. The molecular weight excluding hydrogens is 276 g/mol. The Kier molecular flexibility index (Phi) is 6.15. The van der Waals surface area contributed by atoms with Gasteiger partial charge in [-0.25, -0.2) is 0 Å². The molecule has 122 valence electrons. The predicted molar refractivity (Wildman–Crippen MR) is 90.6 cm³/mol. The molecule has 3 aliphatic rings. The molecule has 0 aromatic carbocycles. The average Bonchev–Trinajstić information content (AvgIpc) is 2.53. The molecule has 4 heteroatoms. The molecule has 2 aliphatic carbocycles. The van der Waals surface area contributed by atoms with Gasteiger partial charge >= 0.3 is 0 Å². The van der Waals surface area contributed by atoms with Gasteiger partial charge in [-0.2, -0.15) is 0 Å². The first-order valence-corrected chi connectivity index (χ1v) is 10.8. The molecular formula is C17H34N2OSi. The summed E-state index contributed by atoms with van der Waals surface area (Å²) in [6.45, 7) is 3.22. The van der Waals surface area contributed by atoms with Gasteiger partial charge in [0.1, 0.15) is 0 Å². The number of rotatable bonds is 6. The van der Waals surface area contributed by atoms with Gasteiger partial charge in [0.15, 0.2) is 16.2 Å². The second kappa shape index (κ2) is 8.09. The van der Waals surface area contributed by atoms with Crippen molar-refractivity contribution in [3.05, 3.63) is 0 Å². The lowest BCUT2D eigenvalue weighted by molar-refractivity contribution is -0.167. The van der Waals surface area contributed by atoms with Crippen LogP contribution in [0.25, 0.3) is 0 Å². The molecule has 3 nitrogen and oxygen atoms in total. The molecule has 0 spiro atoms. The van der Waals surface area contributed by atoms with E-state index in [0.717, 1.165) is 18.7 Å². The fourth-order valence-corrected chi connectivity index (χ4v) is 6.54. The second-order valence-corrected chi connectivity index (χ2v) is 9.05. The van der Waals surface area contributed by atoms with E-state index in [1.165, 1.54) is 77.0 Å². The van der Waals surface area contributed by atoms with Crippen LogP contribution in [0.3, 0.4) is 0 Å². The number of nitrogens with zero attached hydrogens (tertiary/aromatic N) is 2. The van der Waals surface area contributed by atoms with E-state index in [1.54, 1.807) is 0 Å². The topological polar surface area (TPSA) is 15.7 Å². The van der Waals surface area contributed by atoms with Crippen molar-refractivity contribution in [2.75, 3.05) is 6.61 Å². The molecule has 0 N–H and O–H groups in total. The van der Waals surface area contributed by atoms with Gasteiger partial charge in [-0.05, 0) is 32.1 Å². The second-order valence-electron chi connectivity index (χ2n) is 7.30. The quantitative estimate of drug-likeness (QED) is 0.552. The maximum atomic E-state index is 6.34. The highest BCUT2D eigenvalue weighted by atomic mass is 28.2. The van der Waals surface area contributed by atoms with Crippen LogP contribution < -0.4 is 0 Å². The Morgan fingerprint density at radius 2 is 1.38 bits per heavy atom. The number of ether oxygens (including phenoxy) is 1. The smallest absolute Gasteiger partial charge is 0.180 e. The minimum Gasteiger partial charge on any atom is -0.351 e. The van der Waals surface area contributed by atoms with Crippen molar-refractivity contribution in [1.82, 2.24) is 9.13 Å². The van der Waals surface area contributed by atoms with Crippen molar-refractivity contribution < 1.29 is 4.74 Å². The molecule has 0 atom stereocenters. The van der Waals surface area contributed by atoms with Crippen molar-refractivity contribution >= 4 is 9.84 Å². The lowest BCUT2D eigenvalue weighted by Crippen LogP contribution is -2.73. The first kappa shape index (κ1) is 16.0. The van der Waals surface area contributed by atoms with E-state index in [1.807, 2.05) is 0 Å². The SMILES string of the molecule is CCCCOC1N(C2CCCCC2)[SiH2]N1C1CCCCC1. The summed E-state index contributed by atoms with van der Waals surface area (Å²) in [7, 11) is -0.197. The Hall–Kier alpha value is 0.0969. The van der Waals surface area contributed by atoms with Crippen molar-refractivity contribution in [3.63, 3.8) is 0 Å². The summed E-state index contributed by atoms with van der Waals surface area (Å²) in [4.78, 5) is 0. The Balaban J connectivity index is 1.56. The van der Waals surface area contributed by atoms with E-state index in [0.29, 0.717) is 6.35 Å². The highest BCUT2D eigenvalue weighted by molar-refractivity contribution is 6.32. The maximum absolute atomic E-state index is 6.34. The van der Waals surface area contributed by atoms with Gasteiger partial charge in [-0.1, -0.05) is 51.9 Å². The summed E-state index contributed by atoms with van der Waals surface area (Å²) in [5.41, 5.74) is 0. The van der Waals surface area contributed by atoms with Gasteiger partial charge in [0.05, 0.1) is 6.61 Å². The average molecular weight is 311 g/mol. The zero-order chi connectivity index (χ0) is 14.5. The summed E-state index contributed by atoms with van der Waals surface area (Å²) in [6, 6.07) is 1.72. The molecule has 0 radical (unpaired) electrons. The largest absolute Gasteiger partial charge is 0.351 e. The number of hydrogen-bond acceptors (Lipinski definition) is 3. The van der Waals surface area contributed by atoms with Crippen LogP contribution in [0.15, 0.2) is 0 Å². The van der Waals surface area contributed by atoms with Gasteiger partial charge in [-0.3, -0.25) is 9.13 Å². The van der Waals surface area contributed by atoms with Crippen LogP contribution in [0.1, 0.15) is 84.0 Å². The van der Waals surface area contributed by atoms with Gasteiger partial charge in [0.25, 0.3) is 0 Å². The highest BCUT2D eigenvalue weighted by Crippen LogP contribution is 2.34. The van der Waals surface area contributed by atoms with E-state index in [9.17, 15) is 0 Å². The van der Waals surface area contributed by atoms with E-state index < -0.39 is 0 Å². The summed E-state index contributed by atoms with van der Waals surface area (Å²) < 4.78 is 12.0. The van der Waals surface area contributed by atoms with Crippen molar-refractivity contribution in [2.45, 2.75) is 102 Å². The van der Waals surface area contributed by atoms with Crippen LogP contribution in [-0.4, -0.2) is 44.0 Å². The number of unbranched alkanes of at least 4 members (excludes halogenated alkanes) is 1. The highest BCUT2D eigenvalue weighted by Gasteiger charge is 2.45. The minimum atomic E-state index is -0.197. The van der Waals surface area contributed by atoms with Gasteiger partial charge in [-0.15, -0.1) is 0 Å². The molecule has 1 aliphatic heterocycles. The van der Waals surface area contributed by atoms with Gasteiger partial charge in [0, 0.05) is 12.1 Å². The van der Waals surface area contributed by atoms with Crippen LogP contribution >= 0.6 is 0 Å². The Morgan fingerprint density at radius 1 is 0.857 bits per heavy atom. The van der Waals surface area contributed by atoms with Crippen LogP contribution in [0.4, 0.5) is 0 Å². The third-order valence-electron chi connectivity index (χ3n) is 5.75. The molecule has 1 saturated heterocycles. The first-order chi connectivity index (χ1) is 10.4. The molecule has 0 unspecified atom stereocenters. The molecule has 0 aromatic heterocycles. The van der Waals surface area contributed by atoms with Gasteiger partial charge < -0.3 is 4.74 Å². The molecule has 2 saturated carbocycles. The summed E-state index contributed by atoms with van der Waals surface area (Å²) in [5.74, 6) is 0. The molecule has 3 rings (SSSR count). The van der Waals surface area contributed by atoms with E-state index in [4.69, 9.17) is 4.74 Å². The molecule has 0 amide bonds. The zero-order valence-electron chi connectivity index (χ0n) is 13.9. The molecule has 21 heavy (non-hydrogen) atoms. The minimum absolute atomic E-state index is 0.197. The Bertz CT molecular complexity index is 279. The fourth-order valence-electron chi connectivity index (χ4n) is 4.36. The fraction of sp³-hybridized carbons (Fsp3) is 1.00. The maximum Gasteiger partial charge on any atom is 0.180 e. The van der Waals surface area contributed by atoms with Crippen molar-refractivity contribution in [2.24, 2.45) is 0 Å². The van der Waals surface area contributed by atoms with Crippen LogP contribution in [-0.2, 0) is 4.74 Å². The monoisotopic (exact) mass is 310 g/mol. The zero-order valence-corrected chi connectivity index (χ0v) is 15.3. The molecule has 0 aromatic rings. The van der Waals surface area contributed by atoms with Crippen LogP contribution in [0.2, 0.25) is 0 Å².